The molecule has 7 heteroatoms. The first kappa shape index (κ1) is 15.3. The smallest absolute Gasteiger partial charge is 0.377 e. The van der Waals surface area contributed by atoms with Gasteiger partial charge in [-0.25, -0.2) is 4.98 Å². The zero-order valence-electron chi connectivity index (χ0n) is 12.3. The number of pyridine rings is 1. The first-order valence-electron chi connectivity index (χ1n) is 6.50. The highest BCUT2D eigenvalue weighted by molar-refractivity contribution is 5.45. The molecule has 0 aliphatic carbocycles. The van der Waals surface area contributed by atoms with Crippen LogP contribution in [0.1, 0.15) is 35.6 Å². The number of rotatable bonds is 3. The number of aryl methyl sites for hydroxylation is 2. The highest BCUT2D eigenvalue weighted by Crippen LogP contribution is 2.29. The molecule has 1 N–H and O–H groups in total. The van der Waals surface area contributed by atoms with Gasteiger partial charge < -0.3 is 5.32 Å². The van der Waals surface area contributed by atoms with Gasteiger partial charge in [-0.1, -0.05) is 0 Å². The summed E-state index contributed by atoms with van der Waals surface area (Å²) in [6.45, 7) is 5.80. The molecule has 0 aliphatic heterocycles. The molecule has 2 aromatic rings. The van der Waals surface area contributed by atoms with E-state index in [1.807, 2.05) is 27.8 Å². The van der Waals surface area contributed by atoms with E-state index in [9.17, 15) is 13.2 Å². The van der Waals surface area contributed by atoms with Gasteiger partial charge in [0.1, 0.15) is 5.69 Å². The number of halogens is 3. The predicted octanol–water partition coefficient (Wildman–Crippen LogP) is 3.62. The fourth-order valence-electron chi connectivity index (χ4n) is 2.39. The second-order valence-corrected chi connectivity index (χ2v) is 5.00. The van der Waals surface area contributed by atoms with Crippen LogP contribution in [0, 0.1) is 13.8 Å². The largest absolute Gasteiger partial charge is 0.433 e. The van der Waals surface area contributed by atoms with Crippen LogP contribution in [0.5, 0.6) is 0 Å². The van der Waals surface area contributed by atoms with Crippen LogP contribution in [0.25, 0.3) is 0 Å². The molecule has 0 bridgehead atoms. The van der Waals surface area contributed by atoms with Crippen molar-refractivity contribution < 1.29 is 13.2 Å². The van der Waals surface area contributed by atoms with Crippen molar-refractivity contribution in [2.75, 3.05) is 5.32 Å². The minimum atomic E-state index is -4.42. The molecule has 4 nitrogen and oxygen atoms in total. The molecule has 2 rings (SSSR count). The molecule has 114 valence electrons. The Morgan fingerprint density at radius 2 is 1.90 bits per heavy atom. The number of hydrogen-bond donors (Lipinski definition) is 1. The van der Waals surface area contributed by atoms with Gasteiger partial charge in [-0.3, -0.25) is 4.68 Å². The van der Waals surface area contributed by atoms with Gasteiger partial charge in [0.05, 0.1) is 23.6 Å². The normalized spacial score (nSPS) is 13.3. The van der Waals surface area contributed by atoms with Crippen LogP contribution in [0.3, 0.4) is 0 Å². The average molecular weight is 298 g/mol. The number of nitrogens with zero attached hydrogens (tertiary/aromatic N) is 3. The molecule has 0 saturated heterocycles. The quantitative estimate of drug-likeness (QED) is 0.941. The van der Waals surface area contributed by atoms with Crippen LogP contribution in [0.15, 0.2) is 18.3 Å². The minimum Gasteiger partial charge on any atom is -0.377 e. The molecule has 0 radical (unpaired) electrons. The second kappa shape index (κ2) is 5.38. The molecular weight excluding hydrogens is 281 g/mol. The van der Waals surface area contributed by atoms with E-state index >= 15 is 0 Å². The van der Waals surface area contributed by atoms with Crippen LogP contribution in [-0.2, 0) is 13.2 Å². The van der Waals surface area contributed by atoms with Crippen LogP contribution < -0.4 is 5.32 Å². The molecule has 1 unspecified atom stereocenters. The monoisotopic (exact) mass is 298 g/mol. The maximum absolute atomic E-state index is 12.5. The topological polar surface area (TPSA) is 42.7 Å². The van der Waals surface area contributed by atoms with Crippen molar-refractivity contribution in [3.63, 3.8) is 0 Å². The molecule has 2 aromatic heterocycles. The lowest BCUT2D eigenvalue weighted by Crippen LogP contribution is -2.11. The summed E-state index contributed by atoms with van der Waals surface area (Å²) in [6.07, 6.45) is -3.22. The van der Waals surface area contributed by atoms with E-state index in [0.717, 1.165) is 23.0 Å². The number of hydrogen-bond acceptors (Lipinski definition) is 3. The zero-order valence-corrected chi connectivity index (χ0v) is 12.3. The number of nitrogens with one attached hydrogen (secondary N) is 1. The van der Waals surface area contributed by atoms with Crippen molar-refractivity contribution in [3.05, 3.63) is 41.0 Å². The first-order valence-corrected chi connectivity index (χ1v) is 6.50. The third kappa shape index (κ3) is 3.17. The van der Waals surface area contributed by atoms with Gasteiger partial charge in [-0.2, -0.15) is 18.3 Å². The Morgan fingerprint density at radius 1 is 1.24 bits per heavy atom. The van der Waals surface area contributed by atoms with Crippen molar-refractivity contribution in [2.45, 2.75) is 33.0 Å². The standard InChI is InChI=1S/C14H17F3N4/c1-8(13-9(2)20-21(4)10(13)3)19-11-5-6-12(18-7-11)14(15,16)17/h5-8,19H,1-4H3. The maximum atomic E-state index is 12.5. The van der Waals surface area contributed by atoms with Gasteiger partial charge >= 0.3 is 6.18 Å². The zero-order chi connectivity index (χ0) is 15.8. The Bertz CT molecular complexity index is 629. The Balaban J connectivity index is 2.18. The Labute approximate surface area is 121 Å². The van der Waals surface area contributed by atoms with Gasteiger partial charge in [0.15, 0.2) is 0 Å². The molecule has 0 spiro atoms. The van der Waals surface area contributed by atoms with E-state index in [0.29, 0.717) is 5.69 Å². The van der Waals surface area contributed by atoms with Gasteiger partial charge in [0, 0.05) is 18.3 Å². The summed E-state index contributed by atoms with van der Waals surface area (Å²) in [6, 6.07) is 2.28. The molecule has 0 aliphatic rings. The molecular formula is C14H17F3N4. The van der Waals surface area contributed by atoms with E-state index in [2.05, 4.69) is 15.4 Å². The summed E-state index contributed by atoms with van der Waals surface area (Å²) >= 11 is 0. The van der Waals surface area contributed by atoms with E-state index in [1.165, 1.54) is 12.3 Å². The SMILES string of the molecule is Cc1nn(C)c(C)c1C(C)Nc1ccc(C(F)(F)F)nc1. The van der Waals surface area contributed by atoms with Gasteiger partial charge in [-0.05, 0) is 32.9 Å². The third-order valence-electron chi connectivity index (χ3n) is 3.44. The van der Waals surface area contributed by atoms with Crippen LogP contribution in [-0.4, -0.2) is 14.8 Å². The minimum absolute atomic E-state index is 0.0720. The van der Waals surface area contributed by atoms with Crippen molar-refractivity contribution in [1.29, 1.82) is 0 Å². The summed E-state index contributed by atoms with van der Waals surface area (Å²) in [7, 11) is 1.86. The van der Waals surface area contributed by atoms with E-state index in [1.54, 1.807) is 4.68 Å². The van der Waals surface area contributed by atoms with Crippen LogP contribution in [0.4, 0.5) is 18.9 Å². The first-order chi connectivity index (χ1) is 9.70. The van der Waals surface area contributed by atoms with Crippen molar-refractivity contribution in [1.82, 2.24) is 14.8 Å². The summed E-state index contributed by atoms with van der Waals surface area (Å²) in [5.74, 6) is 0. The molecule has 1 atom stereocenters. The number of alkyl halides is 3. The van der Waals surface area contributed by atoms with Gasteiger partial charge in [-0.15, -0.1) is 0 Å². The summed E-state index contributed by atoms with van der Waals surface area (Å²) in [5.41, 5.74) is 2.60. The maximum Gasteiger partial charge on any atom is 0.433 e. The molecule has 0 fully saturated rings. The second-order valence-electron chi connectivity index (χ2n) is 5.00. The Morgan fingerprint density at radius 3 is 2.33 bits per heavy atom. The third-order valence-corrected chi connectivity index (χ3v) is 3.44. The van der Waals surface area contributed by atoms with E-state index in [4.69, 9.17) is 0 Å². The predicted molar refractivity (Wildman–Crippen MR) is 74.0 cm³/mol. The summed E-state index contributed by atoms with van der Waals surface area (Å²) < 4.78 is 39.2. The lowest BCUT2D eigenvalue weighted by molar-refractivity contribution is -0.141. The molecule has 0 saturated carbocycles. The molecule has 0 amide bonds. The van der Waals surface area contributed by atoms with Gasteiger partial charge in [0.25, 0.3) is 0 Å². The molecule has 2 heterocycles. The Kier molecular flexibility index (Phi) is 3.93. The van der Waals surface area contributed by atoms with E-state index < -0.39 is 11.9 Å². The highest BCUT2D eigenvalue weighted by atomic mass is 19.4. The van der Waals surface area contributed by atoms with Crippen molar-refractivity contribution in [3.8, 4) is 0 Å². The van der Waals surface area contributed by atoms with Gasteiger partial charge in [0.2, 0.25) is 0 Å². The molecule has 0 aromatic carbocycles. The highest BCUT2D eigenvalue weighted by Gasteiger charge is 2.32. The number of aromatic nitrogens is 3. The summed E-state index contributed by atoms with van der Waals surface area (Å²) in [4.78, 5) is 3.44. The van der Waals surface area contributed by atoms with Crippen molar-refractivity contribution >= 4 is 5.69 Å². The fourth-order valence-corrected chi connectivity index (χ4v) is 2.39. The van der Waals surface area contributed by atoms with Crippen LogP contribution >= 0.6 is 0 Å². The lowest BCUT2D eigenvalue weighted by Gasteiger charge is -2.16. The Hall–Kier alpha value is -2.05. The average Bonchev–Trinajstić information content (AvgIpc) is 2.62. The fraction of sp³-hybridized carbons (Fsp3) is 0.429. The molecule has 21 heavy (non-hydrogen) atoms. The lowest BCUT2D eigenvalue weighted by atomic mass is 10.1. The summed E-state index contributed by atoms with van der Waals surface area (Å²) in [5, 5.41) is 7.48. The number of anilines is 1. The van der Waals surface area contributed by atoms with E-state index in [-0.39, 0.29) is 6.04 Å². The van der Waals surface area contributed by atoms with Crippen molar-refractivity contribution in [2.24, 2.45) is 7.05 Å². The van der Waals surface area contributed by atoms with Crippen LogP contribution in [0.2, 0.25) is 0 Å².